The molecular weight excluding hydrogens is 328 g/mol. The zero-order chi connectivity index (χ0) is 18.5. The van der Waals surface area contributed by atoms with Crippen molar-refractivity contribution in [3.8, 4) is 0 Å². The number of hydroxylamine groups is 2. The van der Waals surface area contributed by atoms with Crippen LogP contribution in [0, 0.1) is 0 Å². The third-order valence-electron chi connectivity index (χ3n) is 2.69. The molecule has 0 saturated carbocycles. The third-order valence-corrected chi connectivity index (χ3v) is 2.69. The molecule has 11 nitrogen and oxygen atoms in total. The molecular formula is C13H14N2O9. The molecule has 2 aliphatic heterocycles. The van der Waals surface area contributed by atoms with E-state index >= 15 is 0 Å². The van der Waals surface area contributed by atoms with Crippen molar-refractivity contribution in [1.29, 1.82) is 0 Å². The van der Waals surface area contributed by atoms with Gasteiger partial charge in [0.15, 0.2) is 0 Å². The molecule has 0 aromatic carbocycles. The van der Waals surface area contributed by atoms with Gasteiger partial charge in [-0.3, -0.25) is 24.1 Å². The van der Waals surface area contributed by atoms with Crippen molar-refractivity contribution in [3.05, 3.63) is 6.58 Å². The summed E-state index contributed by atoms with van der Waals surface area (Å²) >= 11 is 0. The van der Waals surface area contributed by atoms with E-state index in [2.05, 4.69) is 16.5 Å². The highest BCUT2D eigenvalue weighted by Crippen LogP contribution is 2.13. The molecule has 24 heavy (non-hydrogen) atoms. The highest BCUT2D eigenvalue weighted by Gasteiger charge is 2.32. The number of imide groups is 2. The molecule has 0 aromatic rings. The Hall–Kier alpha value is -2.97. The predicted molar refractivity (Wildman–Crippen MR) is 70.4 cm³/mol. The maximum absolute atomic E-state index is 11.2. The summed E-state index contributed by atoms with van der Waals surface area (Å²) in [6, 6.07) is 0. The van der Waals surface area contributed by atoms with E-state index in [0.717, 1.165) is 4.90 Å². The number of carbonyl (C=O) groups excluding carboxylic acids is 7. The van der Waals surface area contributed by atoms with Crippen LogP contribution in [0.4, 0.5) is 0 Å². The van der Waals surface area contributed by atoms with Crippen LogP contribution in [0.25, 0.3) is 0 Å². The van der Waals surface area contributed by atoms with E-state index < -0.39 is 11.8 Å². The van der Waals surface area contributed by atoms with Gasteiger partial charge >= 0.3 is 6.15 Å². The van der Waals surface area contributed by atoms with E-state index in [1.807, 2.05) is 0 Å². The first-order chi connectivity index (χ1) is 11.4. The Labute approximate surface area is 135 Å². The molecule has 0 radical (unpaired) electrons. The van der Waals surface area contributed by atoms with Gasteiger partial charge in [0.05, 0.1) is 6.54 Å². The molecule has 11 heteroatoms. The van der Waals surface area contributed by atoms with Crippen molar-refractivity contribution in [3.63, 3.8) is 0 Å². The fourth-order valence-electron chi connectivity index (χ4n) is 1.73. The van der Waals surface area contributed by atoms with E-state index in [-0.39, 0.29) is 56.8 Å². The van der Waals surface area contributed by atoms with Gasteiger partial charge in [-0.2, -0.15) is 9.59 Å². The summed E-state index contributed by atoms with van der Waals surface area (Å²) in [7, 11) is 0. The molecule has 2 aliphatic rings. The van der Waals surface area contributed by atoms with Gasteiger partial charge in [-0.15, -0.1) is 10.1 Å². The summed E-state index contributed by atoms with van der Waals surface area (Å²) in [5, 5.41) is 0.549. The smallest absolute Gasteiger partial charge is 0.280 e. The Morgan fingerprint density at radius 2 is 1.25 bits per heavy atom. The van der Waals surface area contributed by atoms with Crippen LogP contribution in [0.3, 0.4) is 0 Å². The molecule has 0 bridgehead atoms. The second-order valence-electron chi connectivity index (χ2n) is 4.15. The molecule has 4 amide bonds. The topological polar surface area (TPSA) is 144 Å². The van der Waals surface area contributed by atoms with Gasteiger partial charge in [0, 0.05) is 25.7 Å². The largest absolute Gasteiger partial charge is 0.373 e. The summed E-state index contributed by atoms with van der Waals surface area (Å²) in [4.78, 5) is 79.8. The van der Waals surface area contributed by atoms with Gasteiger partial charge in [-0.05, 0) is 6.58 Å². The quantitative estimate of drug-likeness (QED) is 0.193. The zero-order valence-corrected chi connectivity index (χ0v) is 12.5. The molecule has 2 fully saturated rings. The zero-order valence-electron chi connectivity index (χ0n) is 12.5. The average Bonchev–Trinajstić information content (AvgIpc) is 3.01. The van der Waals surface area contributed by atoms with Crippen molar-refractivity contribution in [2.45, 2.75) is 25.7 Å². The number of nitrogens with zero attached hydrogens (tertiary/aromatic N) is 2. The Morgan fingerprint density at radius 1 is 0.875 bits per heavy atom. The number of amides is 4. The highest BCUT2D eigenvalue weighted by atomic mass is 17.3. The van der Waals surface area contributed by atoms with Crippen LogP contribution in [0.5, 0.6) is 0 Å². The van der Waals surface area contributed by atoms with Crippen molar-refractivity contribution >= 4 is 35.7 Å². The van der Waals surface area contributed by atoms with Crippen LogP contribution < -0.4 is 0 Å². The second-order valence-corrected chi connectivity index (χ2v) is 4.15. The number of rotatable bonds is 5. The van der Waals surface area contributed by atoms with Gasteiger partial charge in [0.25, 0.3) is 11.8 Å². The van der Waals surface area contributed by atoms with Crippen molar-refractivity contribution in [2.75, 3.05) is 13.2 Å². The molecule has 0 N–H and O–H groups in total. The summed E-state index contributed by atoms with van der Waals surface area (Å²) in [6.07, 6.45) is 0.877. The molecule has 0 aliphatic carbocycles. The van der Waals surface area contributed by atoms with Crippen LogP contribution in [-0.4, -0.2) is 58.8 Å². The molecule has 0 spiro atoms. The van der Waals surface area contributed by atoms with Gasteiger partial charge < -0.3 is 0 Å². The van der Waals surface area contributed by atoms with E-state index in [0.29, 0.717) is 5.06 Å². The lowest BCUT2D eigenvalue weighted by Gasteiger charge is -2.15. The van der Waals surface area contributed by atoms with Crippen molar-refractivity contribution in [2.24, 2.45) is 0 Å². The monoisotopic (exact) mass is 342 g/mol. The van der Waals surface area contributed by atoms with E-state index in [1.165, 1.54) is 5.94 Å². The lowest BCUT2D eigenvalue weighted by Crippen LogP contribution is -2.34. The number of hydrogen-bond acceptors (Lipinski definition) is 9. The van der Waals surface area contributed by atoms with Gasteiger partial charge in [0.1, 0.15) is 12.5 Å². The normalized spacial score (nSPS) is 16.0. The van der Waals surface area contributed by atoms with Crippen LogP contribution >= 0.6 is 0 Å². The van der Waals surface area contributed by atoms with E-state index in [1.54, 1.807) is 0 Å². The summed E-state index contributed by atoms with van der Waals surface area (Å²) in [5.41, 5.74) is 0. The highest BCUT2D eigenvalue weighted by molar-refractivity contribution is 6.02. The third kappa shape index (κ3) is 6.86. The maximum atomic E-state index is 11.2. The minimum atomic E-state index is -0.465. The van der Waals surface area contributed by atoms with Gasteiger partial charge in [-0.1, -0.05) is 0 Å². The number of likely N-dealkylation sites (tertiary alicyclic amines) is 1. The van der Waals surface area contributed by atoms with Crippen molar-refractivity contribution in [1.82, 2.24) is 9.96 Å². The standard InChI is InChI=1S/C10H12N2O6.C2H2O.CO2/c13-7-1-2-8(14)11(7)5-6-17-18-12-9(15)3-4-10(12)16;1-2-3;2-1-3/h1-6H2;1H2;. The summed E-state index contributed by atoms with van der Waals surface area (Å²) in [5.74, 6) is -0.185. The van der Waals surface area contributed by atoms with Crippen LogP contribution in [0.15, 0.2) is 6.58 Å². The average molecular weight is 342 g/mol. The van der Waals surface area contributed by atoms with Gasteiger partial charge in [-0.25, -0.2) is 9.68 Å². The first kappa shape index (κ1) is 21.0. The van der Waals surface area contributed by atoms with E-state index in [9.17, 15) is 19.2 Å². The lowest BCUT2D eigenvalue weighted by molar-refractivity contribution is -0.393. The summed E-state index contributed by atoms with van der Waals surface area (Å²) < 4.78 is 0. The SMILES string of the molecule is C=C=O.O=C1CCC(=O)N1CCOON1C(=O)CCC1=O.O=C=O. The Balaban J connectivity index is 0.000000772. The van der Waals surface area contributed by atoms with Crippen molar-refractivity contribution < 1.29 is 43.4 Å². The molecule has 0 aromatic heterocycles. The Kier molecular flexibility index (Phi) is 10.1. The molecule has 2 saturated heterocycles. The molecule has 130 valence electrons. The minimum absolute atomic E-state index is 0.0495. The predicted octanol–water partition coefficient (Wildman–Crippen LogP) is -1.43. The first-order valence-corrected chi connectivity index (χ1v) is 6.55. The number of carbonyl (C=O) groups is 4. The van der Waals surface area contributed by atoms with Crippen LogP contribution in [-0.2, 0) is 43.4 Å². The van der Waals surface area contributed by atoms with Crippen LogP contribution in [0.2, 0.25) is 0 Å². The van der Waals surface area contributed by atoms with Crippen LogP contribution in [0.1, 0.15) is 25.7 Å². The minimum Gasteiger partial charge on any atom is -0.280 e. The lowest BCUT2D eigenvalue weighted by atomic mass is 10.4. The molecule has 0 unspecified atom stereocenters. The Morgan fingerprint density at radius 3 is 1.67 bits per heavy atom. The van der Waals surface area contributed by atoms with E-state index in [4.69, 9.17) is 14.4 Å². The first-order valence-electron chi connectivity index (χ1n) is 6.55. The maximum Gasteiger partial charge on any atom is 0.373 e. The fourth-order valence-corrected chi connectivity index (χ4v) is 1.73. The fraction of sp³-hybridized carbons (Fsp3) is 0.462. The Bertz CT molecular complexity index is 478. The summed E-state index contributed by atoms with van der Waals surface area (Å²) in [6.45, 7) is 2.64. The van der Waals surface area contributed by atoms with Gasteiger partial charge in [0.2, 0.25) is 11.8 Å². The number of hydrogen-bond donors (Lipinski definition) is 0. The second kappa shape index (κ2) is 11.6. The molecule has 0 atom stereocenters. The molecule has 2 rings (SSSR count). The molecule has 2 heterocycles.